The molecular weight excluding hydrogens is 310 g/mol. The largest absolute Gasteiger partial charge is 0.368 e. The first-order valence-electron chi connectivity index (χ1n) is 7.86. The summed E-state index contributed by atoms with van der Waals surface area (Å²) in [5.74, 6) is 0.844. The van der Waals surface area contributed by atoms with Gasteiger partial charge in [0.1, 0.15) is 0 Å². The van der Waals surface area contributed by atoms with Crippen LogP contribution in [0.5, 0.6) is 0 Å². The van der Waals surface area contributed by atoms with Crippen LogP contribution < -0.4 is 15.5 Å². The minimum Gasteiger partial charge on any atom is -0.368 e. The molecule has 1 fully saturated rings. The number of aryl methyl sites for hydroxylation is 1. The number of benzene rings is 1. The minimum absolute atomic E-state index is 0. The van der Waals surface area contributed by atoms with Gasteiger partial charge in [-0.25, -0.2) is 9.97 Å². The van der Waals surface area contributed by atoms with Crippen molar-refractivity contribution in [3.05, 3.63) is 47.8 Å². The van der Waals surface area contributed by atoms with Crippen molar-refractivity contribution in [1.82, 2.24) is 9.97 Å². The molecule has 0 radical (unpaired) electrons. The fourth-order valence-electron chi connectivity index (χ4n) is 2.84. The van der Waals surface area contributed by atoms with E-state index in [-0.39, 0.29) is 12.4 Å². The first-order chi connectivity index (χ1) is 10.8. The SMILES string of the molecule is Cc1cc(CCN)nc(N2CCN(c3ccccc3)CC2)n1.Cl. The van der Waals surface area contributed by atoms with Gasteiger partial charge in [0.05, 0.1) is 0 Å². The van der Waals surface area contributed by atoms with E-state index in [1.54, 1.807) is 0 Å². The van der Waals surface area contributed by atoms with E-state index in [1.807, 2.05) is 13.0 Å². The molecule has 0 saturated carbocycles. The maximum Gasteiger partial charge on any atom is 0.225 e. The van der Waals surface area contributed by atoms with Gasteiger partial charge >= 0.3 is 0 Å². The molecule has 6 heteroatoms. The Morgan fingerprint density at radius 2 is 1.65 bits per heavy atom. The summed E-state index contributed by atoms with van der Waals surface area (Å²) < 4.78 is 0. The van der Waals surface area contributed by atoms with Gasteiger partial charge in [-0.2, -0.15) is 0 Å². The minimum atomic E-state index is 0. The molecule has 2 aromatic rings. The van der Waals surface area contributed by atoms with Gasteiger partial charge in [-0.1, -0.05) is 18.2 Å². The van der Waals surface area contributed by atoms with Gasteiger partial charge in [0.2, 0.25) is 5.95 Å². The second-order valence-electron chi connectivity index (χ2n) is 5.65. The van der Waals surface area contributed by atoms with Crippen LogP contribution in [0.25, 0.3) is 0 Å². The van der Waals surface area contributed by atoms with Gasteiger partial charge < -0.3 is 15.5 Å². The van der Waals surface area contributed by atoms with Crippen molar-refractivity contribution in [2.45, 2.75) is 13.3 Å². The number of halogens is 1. The molecule has 2 N–H and O–H groups in total. The van der Waals surface area contributed by atoms with Crippen LogP contribution in [-0.4, -0.2) is 42.7 Å². The summed E-state index contributed by atoms with van der Waals surface area (Å²) >= 11 is 0. The highest BCUT2D eigenvalue weighted by atomic mass is 35.5. The van der Waals surface area contributed by atoms with E-state index in [1.165, 1.54) is 5.69 Å². The van der Waals surface area contributed by atoms with Gasteiger partial charge in [-0.3, -0.25) is 0 Å². The Balaban J connectivity index is 0.00000192. The third-order valence-electron chi connectivity index (χ3n) is 3.98. The predicted octanol–water partition coefficient (Wildman–Crippen LogP) is 2.03. The van der Waals surface area contributed by atoms with E-state index in [0.717, 1.165) is 49.9 Å². The number of para-hydroxylation sites is 1. The second-order valence-corrected chi connectivity index (χ2v) is 5.65. The smallest absolute Gasteiger partial charge is 0.225 e. The average molecular weight is 334 g/mol. The van der Waals surface area contributed by atoms with Crippen LogP contribution >= 0.6 is 12.4 Å². The molecule has 0 atom stereocenters. The molecule has 1 aromatic carbocycles. The van der Waals surface area contributed by atoms with Crippen molar-refractivity contribution in [2.75, 3.05) is 42.5 Å². The van der Waals surface area contributed by atoms with Crippen molar-refractivity contribution in [1.29, 1.82) is 0 Å². The summed E-state index contributed by atoms with van der Waals surface area (Å²) in [7, 11) is 0. The molecule has 1 aromatic heterocycles. The quantitative estimate of drug-likeness (QED) is 0.927. The zero-order valence-corrected chi connectivity index (χ0v) is 14.3. The van der Waals surface area contributed by atoms with E-state index < -0.39 is 0 Å². The standard InChI is InChI=1S/C17H23N5.ClH/c1-14-13-15(7-8-18)20-17(19-14)22-11-9-21(10-12-22)16-5-3-2-4-6-16;/h2-6,13H,7-12,18H2,1H3;1H. The molecule has 5 nitrogen and oxygen atoms in total. The zero-order valence-electron chi connectivity index (χ0n) is 13.5. The highest BCUT2D eigenvalue weighted by Crippen LogP contribution is 2.18. The number of aromatic nitrogens is 2. The maximum atomic E-state index is 5.64. The first kappa shape index (κ1) is 17.5. The molecule has 0 aliphatic carbocycles. The summed E-state index contributed by atoms with van der Waals surface area (Å²) in [4.78, 5) is 13.9. The van der Waals surface area contributed by atoms with Gasteiger partial charge in [-0.15, -0.1) is 12.4 Å². The Labute approximate surface area is 143 Å². The second kappa shape index (κ2) is 8.13. The molecule has 3 rings (SSSR count). The van der Waals surface area contributed by atoms with Gasteiger partial charge in [0.15, 0.2) is 0 Å². The molecule has 0 spiro atoms. The lowest BCUT2D eigenvalue weighted by molar-refractivity contribution is 0.637. The van der Waals surface area contributed by atoms with Gasteiger partial charge in [-0.05, 0) is 31.7 Å². The molecular formula is C17H24ClN5. The molecule has 124 valence electrons. The monoisotopic (exact) mass is 333 g/mol. The number of rotatable bonds is 4. The molecule has 1 aliphatic heterocycles. The number of hydrogen-bond donors (Lipinski definition) is 1. The van der Waals surface area contributed by atoms with Crippen LogP contribution in [0.4, 0.5) is 11.6 Å². The van der Waals surface area contributed by atoms with Crippen LogP contribution in [0.3, 0.4) is 0 Å². The normalized spacial score (nSPS) is 14.5. The lowest BCUT2D eigenvalue weighted by atomic mass is 10.2. The highest BCUT2D eigenvalue weighted by Gasteiger charge is 2.19. The van der Waals surface area contributed by atoms with Gasteiger partial charge in [0.25, 0.3) is 0 Å². The maximum absolute atomic E-state index is 5.64. The van der Waals surface area contributed by atoms with Crippen molar-refractivity contribution in [2.24, 2.45) is 5.73 Å². The third-order valence-corrected chi connectivity index (χ3v) is 3.98. The molecule has 0 amide bonds. The number of anilines is 2. The van der Waals surface area contributed by atoms with E-state index in [4.69, 9.17) is 5.73 Å². The van der Waals surface area contributed by atoms with Crippen LogP contribution in [0.2, 0.25) is 0 Å². The van der Waals surface area contributed by atoms with Crippen molar-refractivity contribution < 1.29 is 0 Å². The summed E-state index contributed by atoms with van der Waals surface area (Å²) in [5.41, 5.74) is 8.98. The average Bonchev–Trinajstić information content (AvgIpc) is 2.56. The molecule has 0 unspecified atom stereocenters. The Morgan fingerprint density at radius 3 is 2.30 bits per heavy atom. The number of nitrogens with two attached hydrogens (primary N) is 1. The fraction of sp³-hybridized carbons (Fsp3) is 0.412. The number of piperazine rings is 1. The predicted molar refractivity (Wildman–Crippen MR) is 97.6 cm³/mol. The lowest BCUT2D eigenvalue weighted by Gasteiger charge is -2.36. The van der Waals surface area contributed by atoms with Crippen LogP contribution in [0.15, 0.2) is 36.4 Å². The van der Waals surface area contributed by atoms with E-state index >= 15 is 0 Å². The lowest BCUT2D eigenvalue weighted by Crippen LogP contribution is -2.47. The number of nitrogens with zero attached hydrogens (tertiary/aromatic N) is 4. The first-order valence-corrected chi connectivity index (χ1v) is 7.86. The van der Waals surface area contributed by atoms with Crippen LogP contribution in [0, 0.1) is 6.92 Å². The topological polar surface area (TPSA) is 58.3 Å². The Morgan fingerprint density at radius 1 is 1.00 bits per heavy atom. The fourth-order valence-corrected chi connectivity index (χ4v) is 2.84. The van der Waals surface area contributed by atoms with Crippen molar-refractivity contribution in [3.63, 3.8) is 0 Å². The summed E-state index contributed by atoms with van der Waals surface area (Å²) in [5, 5.41) is 0. The van der Waals surface area contributed by atoms with Crippen LogP contribution in [0.1, 0.15) is 11.4 Å². The third kappa shape index (κ3) is 4.33. The Bertz CT molecular complexity index is 612. The summed E-state index contributed by atoms with van der Waals surface area (Å²) in [6, 6.07) is 12.6. The summed E-state index contributed by atoms with van der Waals surface area (Å²) in [6.45, 7) is 6.52. The van der Waals surface area contributed by atoms with Gasteiger partial charge in [0, 0.05) is 49.7 Å². The van der Waals surface area contributed by atoms with E-state index in [0.29, 0.717) is 6.54 Å². The number of hydrogen-bond acceptors (Lipinski definition) is 5. The van der Waals surface area contributed by atoms with Crippen molar-refractivity contribution >= 4 is 24.0 Å². The summed E-state index contributed by atoms with van der Waals surface area (Å²) in [6.07, 6.45) is 0.806. The highest BCUT2D eigenvalue weighted by molar-refractivity contribution is 5.85. The Kier molecular flexibility index (Phi) is 6.19. The molecule has 0 bridgehead atoms. The molecule has 23 heavy (non-hydrogen) atoms. The molecule has 2 heterocycles. The molecule has 1 saturated heterocycles. The zero-order chi connectivity index (χ0) is 15.4. The van der Waals surface area contributed by atoms with E-state index in [2.05, 4.69) is 50.1 Å². The van der Waals surface area contributed by atoms with Crippen molar-refractivity contribution in [3.8, 4) is 0 Å². The van der Waals surface area contributed by atoms with Crippen LogP contribution in [-0.2, 0) is 6.42 Å². The Hall–Kier alpha value is -1.85. The molecule has 1 aliphatic rings. The van der Waals surface area contributed by atoms with E-state index in [9.17, 15) is 0 Å².